The first kappa shape index (κ1) is 16.9. The van der Waals surface area contributed by atoms with Gasteiger partial charge in [0, 0.05) is 40.3 Å². The zero-order valence-electron chi connectivity index (χ0n) is 14.6. The number of rotatable bonds is 4. The summed E-state index contributed by atoms with van der Waals surface area (Å²) in [6, 6.07) is 2.70. The van der Waals surface area contributed by atoms with Gasteiger partial charge in [0.15, 0.2) is 5.82 Å². The van der Waals surface area contributed by atoms with Gasteiger partial charge in [-0.2, -0.15) is 10.1 Å². The molecule has 0 spiro atoms. The zero-order valence-corrected chi connectivity index (χ0v) is 14.6. The summed E-state index contributed by atoms with van der Waals surface area (Å²) in [6.45, 7) is 1.89. The lowest BCUT2D eigenvalue weighted by molar-refractivity contribution is 0.102. The highest BCUT2D eigenvalue weighted by Crippen LogP contribution is 2.25. The first-order chi connectivity index (χ1) is 12.0. The maximum Gasteiger partial charge on any atom is 0.276 e. The van der Waals surface area contributed by atoms with Crippen LogP contribution < -0.4 is 20.7 Å². The second kappa shape index (κ2) is 6.88. The second-order valence-corrected chi connectivity index (χ2v) is 6.13. The maximum absolute atomic E-state index is 12.4. The molecule has 3 heterocycles. The first-order valence-electron chi connectivity index (χ1n) is 8.11. The number of hydrogen-bond donors (Lipinski definition) is 1. The summed E-state index contributed by atoms with van der Waals surface area (Å²) in [5.74, 6) is 0.866. The van der Waals surface area contributed by atoms with Gasteiger partial charge < -0.3 is 15.1 Å². The molecule has 0 atom stereocenters. The van der Waals surface area contributed by atoms with Crippen LogP contribution in [0.3, 0.4) is 0 Å². The van der Waals surface area contributed by atoms with Crippen molar-refractivity contribution in [3.63, 3.8) is 0 Å². The van der Waals surface area contributed by atoms with Crippen molar-refractivity contribution in [3.8, 4) is 0 Å². The van der Waals surface area contributed by atoms with Crippen LogP contribution in [0.2, 0.25) is 0 Å². The minimum atomic E-state index is -0.420. The van der Waals surface area contributed by atoms with Gasteiger partial charge in [-0.05, 0) is 18.9 Å². The third kappa shape index (κ3) is 3.59. The molecule has 0 saturated carbocycles. The molecule has 0 bridgehead atoms. The summed E-state index contributed by atoms with van der Waals surface area (Å²) in [4.78, 5) is 36.7. The third-order valence-corrected chi connectivity index (χ3v) is 4.01. The molecule has 1 aliphatic heterocycles. The van der Waals surface area contributed by atoms with Crippen LogP contribution in [0.5, 0.6) is 0 Å². The average Bonchev–Trinajstić information content (AvgIpc) is 3.12. The van der Waals surface area contributed by atoms with Crippen LogP contribution in [0, 0.1) is 0 Å². The predicted octanol–water partition coefficient (Wildman–Crippen LogP) is 0.489. The Bertz CT molecular complexity index is 841. The molecular weight excluding hydrogens is 322 g/mol. The quantitative estimate of drug-likeness (QED) is 0.863. The van der Waals surface area contributed by atoms with E-state index in [-0.39, 0.29) is 11.3 Å². The number of anilines is 3. The molecule has 9 heteroatoms. The van der Waals surface area contributed by atoms with Crippen LogP contribution in [0.4, 0.5) is 17.5 Å². The van der Waals surface area contributed by atoms with Crippen molar-refractivity contribution in [2.75, 3.05) is 42.3 Å². The molecule has 0 radical (unpaired) electrons. The summed E-state index contributed by atoms with van der Waals surface area (Å²) in [6.07, 6.45) is 3.88. The van der Waals surface area contributed by atoms with E-state index < -0.39 is 5.91 Å². The Labute approximate surface area is 145 Å². The van der Waals surface area contributed by atoms with Gasteiger partial charge in [-0.1, -0.05) is 0 Å². The van der Waals surface area contributed by atoms with Crippen LogP contribution in [0.1, 0.15) is 23.3 Å². The minimum Gasteiger partial charge on any atom is -0.361 e. The molecule has 132 valence electrons. The Morgan fingerprint density at radius 1 is 1.24 bits per heavy atom. The fraction of sp³-hybridized carbons (Fsp3) is 0.438. The molecule has 2 aromatic heterocycles. The molecule has 25 heavy (non-hydrogen) atoms. The number of hydrogen-bond acceptors (Lipinski definition) is 7. The van der Waals surface area contributed by atoms with Gasteiger partial charge in [-0.15, -0.1) is 0 Å². The van der Waals surface area contributed by atoms with E-state index in [1.165, 1.54) is 19.2 Å². The third-order valence-electron chi connectivity index (χ3n) is 4.01. The number of carbonyl (C=O) groups is 1. The van der Waals surface area contributed by atoms with Gasteiger partial charge in [0.1, 0.15) is 11.4 Å². The van der Waals surface area contributed by atoms with Gasteiger partial charge in [0.25, 0.3) is 11.5 Å². The van der Waals surface area contributed by atoms with Crippen molar-refractivity contribution in [1.29, 1.82) is 0 Å². The highest BCUT2D eigenvalue weighted by molar-refractivity contribution is 6.04. The van der Waals surface area contributed by atoms with Crippen molar-refractivity contribution in [2.24, 2.45) is 7.05 Å². The first-order valence-corrected chi connectivity index (χ1v) is 8.11. The molecule has 1 amide bonds. The van der Waals surface area contributed by atoms with E-state index in [0.717, 1.165) is 30.6 Å². The van der Waals surface area contributed by atoms with Crippen molar-refractivity contribution < 1.29 is 4.79 Å². The maximum atomic E-state index is 12.4. The Kier molecular flexibility index (Phi) is 4.64. The summed E-state index contributed by atoms with van der Waals surface area (Å²) < 4.78 is 1.12. The van der Waals surface area contributed by atoms with Gasteiger partial charge in [-0.25, -0.2) is 9.67 Å². The van der Waals surface area contributed by atoms with Crippen molar-refractivity contribution in [2.45, 2.75) is 12.8 Å². The molecular formula is C16H21N7O2. The molecule has 1 saturated heterocycles. The summed E-state index contributed by atoms with van der Waals surface area (Å²) >= 11 is 0. The van der Waals surface area contributed by atoms with Gasteiger partial charge in [-0.3, -0.25) is 9.59 Å². The lowest BCUT2D eigenvalue weighted by Gasteiger charge is -2.20. The molecule has 1 fully saturated rings. The van der Waals surface area contributed by atoms with Gasteiger partial charge in [0.2, 0.25) is 5.95 Å². The molecule has 0 aliphatic carbocycles. The van der Waals surface area contributed by atoms with Crippen LogP contribution >= 0.6 is 0 Å². The summed E-state index contributed by atoms with van der Waals surface area (Å²) in [5, 5.41) is 6.72. The average molecular weight is 343 g/mol. The number of aromatic nitrogens is 4. The Balaban J connectivity index is 1.86. The fourth-order valence-electron chi connectivity index (χ4n) is 2.67. The molecule has 2 aromatic rings. The number of aryl methyl sites for hydroxylation is 1. The lowest BCUT2D eigenvalue weighted by atomic mass is 10.3. The number of nitrogens with zero attached hydrogens (tertiary/aromatic N) is 6. The predicted molar refractivity (Wildman–Crippen MR) is 95.2 cm³/mol. The smallest absolute Gasteiger partial charge is 0.276 e. The Morgan fingerprint density at radius 3 is 2.60 bits per heavy atom. The van der Waals surface area contributed by atoms with Crippen molar-refractivity contribution >= 4 is 23.4 Å². The van der Waals surface area contributed by atoms with Crippen molar-refractivity contribution in [3.05, 3.63) is 34.4 Å². The largest absolute Gasteiger partial charge is 0.361 e. The topological polar surface area (TPSA) is 96.3 Å². The Morgan fingerprint density at radius 2 is 1.96 bits per heavy atom. The zero-order chi connectivity index (χ0) is 18.0. The van der Waals surface area contributed by atoms with Gasteiger partial charge in [0.05, 0.1) is 6.20 Å². The molecule has 9 nitrogen and oxygen atoms in total. The molecule has 1 aliphatic rings. The van der Waals surface area contributed by atoms with Crippen molar-refractivity contribution in [1.82, 2.24) is 19.7 Å². The molecule has 1 N–H and O–H groups in total. The minimum absolute atomic E-state index is 0.149. The number of carbonyl (C=O) groups excluding carboxylic acids is 1. The van der Waals surface area contributed by atoms with E-state index in [2.05, 4.69) is 25.3 Å². The summed E-state index contributed by atoms with van der Waals surface area (Å²) in [7, 11) is 5.21. The van der Waals surface area contributed by atoms with Gasteiger partial charge >= 0.3 is 0 Å². The van der Waals surface area contributed by atoms with E-state index >= 15 is 0 Å². The number of amides is 1. The fourth-order valence-corrected chi connectivity index (χ4v) is 2.67. The standard InChI is InChI=1S/C16H21N7O2/c1-21(2)14-12(10-17-16(19-14)23-8-4-5-9-23)18-15(25)11-6-7-13(24)22(3)20-11/h6-7,10H,4-5,8-9H2,1-3H3,(H,18,25). The Hall–Kier alpha value is -2.97. The van der Waals surface area contributed by atoms with E-state index in [4.69, 9.17) is 0 Å². The van der Waals surface area contributed by atoms with E-state index in [1.807, 2.05) is 19.0 Å². The highest BCUT2D eigenvalue weighted by Gasteiger charge is 2.19. The summed E-state index contributed by atoms with van der Waals surface area (Å²) in [5.41, 5.74) is 0.368. The molecule has 0 unspecified atom stereocenters. The molecule has 3 rings (SSSR count). The second-order valence-electron chi connectivity index (χ2n) is 6.13. The van der Waals surface area contributed by atoms with E-state index in [0.29, 0.717) is 17.5 Å². The molecule has 0 aromatic carbocycles. The van der Waals surface area contributed by atoms with Crippen LogP contribution in [0.25, 0.3) is 0 Å². The number of nitrogens with one attached hydrogen (secondary N) is 1. The van der Waals surface area contributed by atoms with Crippen LogP contribution in [-0.4, -0.2) is 52.8 Å². The van der Waals surface area contributed by atoms with Crippen LogP contribution in [-0.2, 0) is 7.05 Å². The monoisotopic (exact) mass is 343 g/mol. The lowest BCUT2D eigenvalue weighted by Crippen LogP contribution is -2.25. The van der Waals surface area contributed by atoms with E-state index in [9.17, 15) is 9.59 Å². The highest BCUT2D eigenvalue weighted by atomic mass is 16.2. The normalized spacial score (nSPS) is 13.8. The van der Waals surface area contributed by atoms with E-state index in [1.54, 1.807) is 6.20 Å². The SMILES string of the molecule is CN(C)c1nc(N2CCCC2)ncc1NC(=O)c1ccc(=O)n(C)n1. The van der Waals surface area contributed by atoms with Crippen LogP contribution in [0.15, 0.2) is 23.1 Å².